The molecule has 9 nitrogen and oxygen atoms in total. The van der Waals surface area contributed by atoms with E-state index >= 15 is 0 Å². The average Bonchev–Trinajstić information content (AvgIpc) is 3.00. The fourth-order valence-corrected chi connectivity index (χ4v) is 4.15. The van der Waals surface area contributed by atoms with Gasteiger partial charge in [-0.25, -0.2) is 7.11 Å². The second kappa shape index (κ2) is 32.4. The van der Waals surface area contributed by atoms with Gasteiger partial charge in [-0.1, -0.05) is 129 Å². The van der Waals surface area contributed by atoms with Crippen molar-refractivity contribution in [2.75, 3.05) is 32.9 Å². The minimum absolute atomic E-state index is 0. The molecule has 0 rings (SSSR count). The summed E-state index contributed by atoms with van der Waals surface area (Å²) in [5, 5.41) is 4.47. The summed E-state index contributed by atoms with van der Waals surface area (Å²) < 4.78 is 15.2. The molecule has 0 aromatic heterocycles. The van der Waals surface area contributed by atoms with Crippen LogP contribution < -0.4 is 62.0 Å². The maximum absolute atomic E-state index is 13.0. The van der Waals surface area contributed by atoms with Crippen LogP contribution in [0.15, 0.2) is 12.2 Å². The van der Waals surface area contributed by atoms with Crippen molar-refractivity contribution in [2.24, 2.45) is 27.6 Å². The molecule has 12 heteroatoms. The molecule has 3 N–H and O–H groups in total. The van der Waals surface area contributed by atoms with Crippen molar-refractivity contribution in [1.82, 2.24) is 10.6 Å². The monoisotopic (exact) mass is 830 g/mol. The Kier molecular flexibility index (Phi) is 38.8. The Morgan fingerprint density at radius 2 is 1.25 bits per heavy atom. The summed E-state index contributed by atoms with van der Waals surface area (Å²) in [6, 6.07) is 0. The standard InChI is InChI=1S/C31H57B2N2O4.C6H14.C5H11NO2.C2H6.CH3.K/c1-24(2)14-12-13-15-27(3,4)16-17-29(7,8)26(37)35-20-31(10,33)23-39-21-28(5,6)19-34-25(36)18-30(9,32)22-38-11;1-5-6(2,3)4;1-5(2,3)8-4(6)7;1-2;;/h12-13,24H,11,14-23H2,1-10H3,(H,34,36)(H,35,37);5H2,1-4H3;1-3H3,(H2,6,7);1-2H3;1H3;/q-1;;;;-1;+1/p-1/b13-12-;;;;;. The Morgan fingerprint density at radius 3 is 1.63 bits per heavy atom. The third-order valence-corrected chi connectivity index (χ3v) is 8.28. The van der Waals surface area contributed by atoms with Crippen molar-refractivity contribution >= 4 is 33.6 Å². The SMILES string of the molecule is CC.CC(C)(C)OC([NH-])=O.CCC(C)(C)C.[B]C(C)(CNC(=O)C(C)(C)CCC(C)(C)C/C=C\CC(C)C)COCC(C)(C)CNC(=O)CC([B])(C)CO[CH2-].[CH3-].[K+]. The van der Waals surface area contributed by atoms with Crippen LogP contribution >= 0.6 is 0 Å². The molecule has 0 aliphatic rings. The van der Waals surface area contributed by atoms with Crippen LogP contribution in [-0.4, -0.2) is 72.1 Å². The number of rotatable bonds is 20. The van der Waals surface area contributed by atoms with Crippen molar-refractivity contribution in [3.05, 3.63) is 32.4 Å². The van der Waals surface area contributed by atoms with Crippen molar-refractivity contribution in [3.8, 4) is 0 Å². The first kappa shape index (κ1) is 68.4. The van der Waals surface area contributed by atoms with Crippen LogP contribution in [0.5, 0.6) is 0 Å². The van der Waals surface area contributed by atoms with Crippen LogP contribution in [-0.2, 0) is 23.8 Å². The quantitative estimate of drug-likeness (QED) is 0.0718. The summed E-state index contributed by atoms with van der Waals surface area (Å²) in [5.74, 6) is 0.526. The maximum Gasteiger partial charge on any atom is 1.00 e. The fourth-order valence-electron chi connectivity index (χ4n) is 4.15. The maximum atomic E-state index is 13.0. The predicted octanol–water partition coefficient (Wildman–Crippen LogP) is 8.88. The molecule has 0 saturated heterocycles. The third kappa shape index (κ3) is 48.2. The Balaban J connectivity index is -0.000000302. The first-order valence-corrected chi connectivity index (χ1v) is 20.3. The summed E-state index contributed by atoms with van der Waals surface area (Å²) in [5.41, 5.74) is 5.74. The number of ether oxygens (including phenoxy) is 3. The first-order chi connectivity index (χ1) is 24.6. The number of amides is 3. The van der Waals surface area contributed by atoms with Gasteiger partial charge in [0.25, 0.3) is 0 Å². The average molecular weight is 830 g/mol. The van der Waals surface area contributed by atoms with Gasteiger partial charge >= 0.3 is 51.4 Å². The summed E-state index contributed by atoms with van der Waals surface area (Å²) >= 11 is 0. The number of carbonyl (C=O) groups is 3. The molecular formula is C45H90B2KN3O6-2. The molecule has 2 unspecified atom stereocenters. The molecule has 0 aromatic rings. The van der Waals surface area contributed by atoms with E-state index in [4.69, 9.17) is 30.9 Å². The van der Waals surface area contributed by atoms with E-state index in [0.717, 1.165) is 25.7 Å². The minimum Gasteiger partial charge on any atom is -0.632 e. The van der Waals surface area contributed by atoms with E-state index < -0.39 is 27.7 Å². The smallest absolute Gasteiger partial charge is 0.632 e. The van der Waals surface area contributed by atoms with Gasteiger partial charge in [-0.15, -0.1) is 0 Å². The summed E-state index contributed by atoms with van der Waals surface area (Å²) in [6.45, 7) is 40.3. The number of carbonyl (C=O) groups excluding carboxylic acids is 3. The molecule has 0 aromatic carbocycles. The first-order valence-electron chi connectivity index (χ1n) is 20.3. The third-order valence-electron chi connectivity index (χ3n) is 8.28. The van der Waals surface area contributed by atoms with Crippen molar-refractivity contribution in [2.45, 2.75) is 186 Å². The van der Waals surface area contributed by atoms with Crippen LogP contribution in [0.1, 0.15) is 170 Å². The molecule has 0 fully saturated rings. The van der Waals surface area contributed by atoms with Gasteiger partial charge in [0.2, 0.25) is 17.9 Å². The van der Waals surface area contributed by atoms with Crippen molar-refractivity contribution in [3.63, 3.8) is 0 Å². The number of hydrogen-bond donors (Lipinski definition) is 2. The number of allylic oxidation sites excluding steroid dienone is 2. The largest absolute Gasteiger partial charge is 1.00 e. The molecule has 0 spiro atoms. The molecule has 0 saturated carbocycles. The summed E-state index contributed by atoms with van der Waals surface area (Å²) in [7, 11) is 15.8. The minimum atomic E-state index is -0.975. The van der Waals surface area contributed by atoms with Crippen LogP contribution in [0, 0.1) is 42.1 Å². The van der Waals surface area contributed by atoms with Gasteiger partial charge in [-0.2, -0.15) is 0 Å². The molecular weight excluding hydrogens is 739 g/mol. The van der Waals surface area contributed by atoms with E-state index in [1.54, 1.807) is 27.7 Å². The van der Waals surface area contributed by atoms with Gasteiger partial charge in [0.05, 0.1) is 22.3 Å². The van der Waals surface area contributed by atoms with Gasteiger partial charge in [-0.3, -0.25) is 14.4 Å². The van der Waals surface area contributed by atoms with Gasteiger partial charge in [-0.05, 0) is 73.8 Å². The molecule has 57 heavy (non-hydrogen) atoms. The topological polar surface area (TPSA) is 127 Å². The van der Waals surface area contributed by atoms with E-state index in [1.165, 1.54) is 6.42 Å². The molecule has 0 bridgehead atoms. The second-order valence-corrected chi connectivity index (χ2v) is 20.2. The zero-order chi connectivity index (χ0) is 44.5. The van der Waals surface area contributed by atoms with Gasteiger partial charge in [0.1, 0.15) is 5.60 Å². The zero-order valence-electron chi connectivity index (χ0n) is 41.3. The summed E-state index contributed by atoms with van der Waals surface area (Å²) in [6.07, 6.45) is 8.85. The molecule has 0 heterocycles. The number of hydrogen-bond acceptors (Lipinski definition) is 6. The van der Waals surface area contributed by atoms with Crippen LogP contribution in [0.4, 0.5) is 4.79 Å². The Hall–Kier alpha value is -0.364. The Labute approximate surface area is 400 Å². The van der Waals surface area contributed by atoms with Crippen molar-refractivity contribution in [1.29, 1.82) is 0 Å². The number of nitrogens with one attached hydrogen (secondary N) is 3. The van der Waals surface area contributed by atoms with E-state index in [-0.39, 0.29) is 101 Å². The summed E-state index contributed by atoms with van der Waals surface area (Å²) in [4.78, 5) is 35.2. The second-order valence-electron chi connectivity index (χ2n) is 20.2. The van der Waals surface area contributed by atoms with Crippen LogP contribution in [0.25, 0.3) is 5.73 Å². The molecule has 0 aliphatic heterocycles. The van der Waals surface area contributed by atoms with Gasteiger partial charge < -0.3 is 38.0 Å². The van der Waals surface area contributed by atoms with Crippen LogP contribution in [0.3, 0.4) is 0 Å². The van der Waals surface area contributed by atoms with Gasteiger partial charge in [0, 0.05) is 43.6 Å². The molecule has 3 amide bonds. The van der Waals surface area contributed by atoms with E-state index in [0.29, 0.717) is 31.0 Å². The Morgan fingerprint density at radius 1 is 0.754 bits per heavy atom. The van der Waals surface area contributed by atoms with E-state index in [1.807, 2.05) is 48.5 Å². The van der Waals surface area contributed by atoms with Crippen molar-refractivity contribution < 1.29 is 80.0 Å². The zero-order valence-corrected chi connectivity index (χ0v) is 44.4. The molecule has 330 valence electrons. The predicted molar refractivity (Wildman–Crippen MR) is 243 cm³/mol. The van der Waals surface area contributed by atoms with E-state index in [2.05, 4.69) is 90.0 Å². The molecule has 2 atom stereocenters. The normalized spacial score (nSPS) is 14.0. The van der Waals surface area contributed by atoms with Gasteiger partial charge in [0.15, 0.2) is 0 Å². The fraction of sp³-hybridized carbons (Fsp3) is 0.844. The van der Waals surface area contributed by atoms with Crippen LogP contribution in [0.2, 0.25) is 10.6 Å². The Bertz CT molecular complexity index is 1080. The van der Waals surface area contributed by atoms with E-state index in [9.17, 15) is 14.4 Å². The molecule has 0 aliphatic carbocycles. The molecule has 4 radical (unpaired) electrons.